The van der Waals surface area contributed by atoms with Crippen LogP contribution < -0.4 is 16.4 Å². The predicted octanol–water partition coefficient (Wildman–Crippen LogP) is 0.611. The zero-order chi connectivity index (χ0) is 13.3. The van der Waals surface area contributed by atoms with E-state index in [2.05, 4.69) is 4.98 Å². The summed E-state index contributed by atoms with van der Waals surface area (Å²) in [6, 6.07) is 1.77. The van der Waals surface area contributed by atoms with Gasteiger partial charge < -0.3 is 16.4 Å². The number of pyridine rings is 1. The first-order chi connectivity index (χ1) is 8.54. The normalized spacial score (nSPS) is 19.3. The molecule has 5 heteroatoms. The molecule has 1 fully saturated rings. The molecule has 1 saturated heterocycles. The zero-order valence-corrected chi connectivity index (χ0v) is 10.9. The minimum Gasteiger partial charge on any atom is -0.368 e. The minimum absolute atomic E-state index is 0.246. The van der Waals surface area contributed by atoms with Crippen molar-refractivity contribution < 1.29 is 4.79 Å². The third-order valence-electron chi connectivity index (χ3n) is 3.51. The Labute approximate surface area is 107 Å². The highest BCUT2D eigenvalue weighted by atomic mass is 16.1. The van der Waals surface area contributed by atoms with Crippen LogP contribution in [0.4, 0.5) is 5.82 Å². The van der Waals surface area contributed by atoms with Crippen molar-refractivity contribution in [2.45, 2.75) is 39.3 Å². The summed E-state index contributed by atoms with van der Waals surface area (Å²) in [6.07, 6.45) is 1.76. The molecule has 1 aliphatic heterocycles. The molecule has 0 saturated carbocycles. The van der Waals surface area contributed by atoms with Crippen LogP contribution in [-0.2, 0) is 11.3 Å². The standard InChI is InChI=1S/C13H20N4O/c1-8-6-9(2)16-13(10(8)7-14)17-5-3-4-11(17)12(15)18/h6,11H,3-5,7,14H2,1-2H3,(H2,15,18). The fourth-order valence-corrected chi connectivity index (χ4v) is 2.65. The molecule has 18 heavy (non-hydrogen) atoms. The SMILES string of the molecule is Cc1cc(C)c(CN)c(N2CCCC2C(N)=O)n1. The fraction of sp³-hybridized carbons (Fsp3) is 0.538. The molecule has 1 unspecified atom stereocenters. The average Bonchev–Trinajstić information content (AvgIpc) is 2.76. The van der Waals surface area contributed by atoms with E-state index in [0.29, 0.717) is 6.54 Å². The second-order valence-electron chi connectivity index (χ2n) is 4.84. The van der Waals surface area contributed by atoms with Crippen LogP contribution in [0.25, 0.3) is 0 Å². The van der Waals surface area contributed by atoms with Crippen molar-refractivity contribution in [1.82, 2.24) is 4.98 Å². The summed E-state index contributed by atoms with van der Waals surface area (Å²) in [7, 11) is 0. The molecule has 1 aromatic rings. The molecule has 2 heterocycles. The Morgan fingerprint density at radius 1 is 1.56 bits per heavy atom. The molecule has 1 atom stereocenters. The van der Waals surface area contributed by atoms with Gasteiger partial charge in [0.25, 0.3) is 0 Å². The van der Waals surface area contributed by atoms with Crippen molar-refractivity contribution in [3.8, 4) is 0 Å². The number of nitrogens with two attached hydrogens (primary N) is 2. The number of aryl methyl sites for hydroxylation is 2. The first-order valence-corrected chi connectivity index (χ1v) is 6.27. The van der Waals surface area contributed by atoms with Crippen LogP contribution >= 0.6 is 0 Å². The highest BCUT2D eigenvalue weighted by molar-refractivity contribution is 5.84. The van der Waals surface area contributed by atoms with Crippen LogP contribution in [0.15, 0.2) is 6.07 Å². The van der Waals surface area contributed by atoms with E-state index in [-0.39, 0.29) is 11.9 Å². The third-order valence-corrected chi connectivity index (χ3v) is 3.51. The molecule has 4 N–H and O–H groups in total. The second kappa shape index (κ2) is 4.94. The van der Waals surface area contributed by atoms with Gasteiger partial charge in [-0.3, -0.25) is 4.79 Å². The maximum Gasteiger partial charge on any atom is 0.240 e. The number of amides is 1. The van der Waals surface area contributed by atoms with E-state index in [1.807, 2.05) is 24.8 Å². The van der Waals surface area contributed by atoms with Gasteiger partial charge in [0.2, 0.25) is 5.91 Å². The summed E-state index contributed by atoms with van der Waals surface area (Å²) >= 11 is 0. The molecule has 0 radical (unpaired) electrons. The van der Waals surface area contributed by atoms with Gasteiger partial charge in [0, 0.05) is 24.3 Å². The van der Waals surface area contributed by atoms with Gasteiger partial charge in [-0.2, -0.15) is 0 Å². The first kappa shape index (κ1) is 12.8. The predicted molar refractivity (Wildman–Crippen MR) is 71.2 cm³/mol. The van der Waals surface area contributed by atoms with Crippen molar-refractivity contribution >= 4 is 11.7 Å². The molecule has 0 aliphatic carbocycles. The van der Waals surface area contributed by atoms with Gasteiger partial charge >= 0.3 is 0 Å². The van der Waals surface area contributed by atoms with E-state index >= 15 is 0 Å². The summed E-state index contributed by atoms with van der Waals surface area (Å²) in [4.78, 5) is 18.0. The van der Waals surface area contributed by atoms with Crippen LogP contribution in [0.3, 0.4) is 0 Å². The lowest BCUT2D eigenvalue weighted by atomic mass is 10.1. The Morgan fingerprint density at radius 3 is 2.89 bits per heavy atom. The lowest BCUT2D eigenvalue weighted by Gasteiger charge is -2.26. The van der Waals surface area contributed by atoms with Crippen molar-refractivity contribution in [1.29, 1.82) is 0 Å². The van der Waals surface area contributed by atoms with E-state index < -0.39 is 0 Å². The number of hydrogen-bond donors (Lipinski definition) is 2. The topological polar surface area (TPSA) is 85.2 Å². The van der Waals surface area contributed by atoms with Crippen LogP contribution in [0.5, 0.6) is 0 Å². The maximum atomic E-state index is 11.5. The Kier molecular flexibility index (Phi) is 3.52. The van der Waals surface area contributed by atoms with E-state index in [1.165, 1.54) is 0 Å². The second-order valence-corrected chi connectivity index (χ2v) is 4.84. The van der Waals surface area contributed by atoms with Crippen LogP contribution in [0.1, 0.15) is 29.7 Å². The highest BCUT2D eigenvalue weighted by Gasteiger charge is 2.31. The molecule has 1 amide bonds. The van der Waals surface area contributed by atoms with Gasteiger partial charge in [-0.1, -0.05) is 0 Å². The van der Waals surface area contributed by atoms with Gasteiger partial charge in [0.15, 0.2) is 0 Å². The number of hydrogen-bond acceptors (Lipinski definition) is 4. The summed E-state index contributed by atoms with van der Waals surface area (Å²) in [5.74, 6) is 0.549. The van der Waals surface area contributed by atoms with Crippen molar-refractivity contribution in [3.63, 3.8) is 0 Å². The Bertz CT molecular complexity index is 472. The van der Waals surface area contributed by atoms with Crippen LogP contribution in [0, 0.1) is 13.8 Å². The fourth-order valence-electron chi connectivity index (χ4n) is 2.65. The Morgan fingerprint density at radius 2 is 2.28 bits per heavy atom. The molecule has 0 aromatic carbocycles. The molecule has 2 rings (SSSR count). The number of carbonyl (C=O) groups is 1. The molecular weight excluding hydrogens is 228 g/mol. The summed E-state index contributed by atoms with van der Waals surface area (Å²) < 4.78 is 0. The summed E-state index contributed by atoms with van der Waals surface area (Å²) in [6.45, 7) is 5.22. The number of carbonyl (C=O) groups excluding carboxylic acids is 1. The van der Waals surface area contributed by atoms with E-state index in [1.54, 1.807) is 0 Å². The lowest BCUT2D eigenvalue weighted by Crippen LogP contribution is -2.41. The number of primary amides is 1. The highest BCUT2D eigenvalue weighted by Crippen LogP contribution is 2.29. The van der Waals surface area contributed by atoms with Crippen molar-refractivity contribution in [2.24, 2.45) is 11.5 Å². The average molecular weight is 248 g/mol. The molecule has 98 valence electrons. The number of anilines is 1. The Hall–Kier alpha value is -1.62. The molecule has 5 nitrogen and oxygen atoms in total. The van der Waals surface area contributed by atoms with Crippen LogP contribution in [-0.4, -0.2) is 23.5 Å². The Balaban J connectivity index is 2.46. The molecule has 1 aromatic heterocycles. The van der Waals surface area contributed by atoms with E-state index in [9.17, 15) is 4.79 Å². The van der Waals surface area contributed by atoms with Gasteiger partial charge in [0.1, 0.15) is 11.9 Å². The first-order valence-electron chi connectivity index (χ1n) is 6.27. The van der Waals surface area contributed by atoms with E-state index in [0.717, 1.165) is 42.0 Å². The van der Waals surface area contributed by atoms with E-state index in [4.69, 9.17) is 11.5 Å². The smallest absolute Gasteiger partial charge is 0.240 e. The third kappa shape index (κ3) is 2.18. The van der Waals surface area contributed by atoms with Crippen molar-refractivity contribution in [3.05, 3.63) is 22.9 Å². The summed E-state index contributed by atoms with van der Waals surface area (Å²) in [5.41, 5.74) is 14.3. The number of nitrogens with zero attached hydrogens (tertiary/aromatic N) is 2. The van der Waals surface area contributed by atoms with Gasteiger partial charge in [-0.15, -0.1) is 0 Å². The lowest BCUT2D eigenvalue weighted by molar-refractivity contribution is -0.119. The van der Waals surface area contributed by atoms with Crippen LogP contribution in [0.2, 0.25) is 0 Å². The monoisotopic (exact) mass is 248 g/mol. The molecular formula is C13H20N4O. The minimum atomic E-state index is -0.281. The largest absolute Gasteiger partial charge is 0.368 e. The number of aromatic nitrogens is 1. The zero-order valence-electron chi connectivity index (χ0n) is 10.9. The van der Waals surface area contributed by atoms with Gasteiger partial charge in [-0.25, -0.2) is 4.98 Å². The summed E-state index contributed by atoms with van der Waals surface area (Å²) in [5, 5.41) is 0. The quantitative estimate of drug-likeness (QED) is 0.820. The molecule has 1 aliphatic rings. The number of rotatable bonds is 3. The van der Waals surface area contributed by atoms with Gasteiger partial charge in [0.05, 0.1) is 0 Å². The molecule has 0 bridgehead atoms. The van der Waals surface area contributed by atoms with Crippen molar-refractivity contribution in [2.75, 3.05) is 11.4 Å². The molecule has 0 spiro atoms. The van der Waals surface area contributed by atoms with Gasteiger partial charge in [-0.05, 0) is 38.3 Å². The maximum absolute atomic E-state index is 11.5.